The van der Waals surface area contributed by atoms with Crippen LogP contribution >= 0.6 is 11.6 Å². The van der Waals surface area contributed by atoms with Crippen LogP contribution in [0.4, 0.5) is 5.82 Å². The number of hydrogen-bond donors (Lipinski definition) is 1. The molecule has 2 aromatic carbocycles. The molecular formula is C45H50ClN7O5. The first-order valence-corrected chi connectivity index (χ1v) is 20.6. The molecule has 4 amide bonds. The molecule has 1 atom stereocenters. The Morgan fingerprint density at radius 1 is 0.983 bits per heavy atom. The van der Waals surface area contributed by atoms with E-state index in [4.69, 9.17) is 22.1 Å². The van der Waals surface area contributed by atoms with Crippen LogP contribution in [0, 0.1) is 28.1 Å². The zero-order chi connectivity index (χ0) is 41.1. The minimum atomic E-state index is -0.738. The largest absolute Gasteiger partial charge is 0.489 e. The number of pyridine rings is 1. The lowest BCUT2D eigenvalue weighted by atomic mass is 9.48. The zero-order valence-electron chi connectivity index (χ0n) is 33.5. The van der Waals surface area contributed by atoms with E-state index in [-0.39, 0.29) is 30.2 Å². The molecule has 1 unspecified atom stereocenters. The summed E-state index contributed by atoms with van der Waals surface area (Å²) in [5.74, 6) is 0.796. The first-order chi connectivity index (χ1) is 27.7. The number of likely N-dealkylation sites (tertiary alicyclic amines) is 1. The van der Waals surface area contributed by atoms with E-state index in [1.807, 2.05) is 45.9 Å². The number of primary amides is 1. The Morgan fingerprint density at radius 3 is 2.38 bits per heavy atom. The maximum absolute atomic E-state index is 14.4. The number of benzene rings is 2. The van der Waals surface area contributed by atoms with Crippen LogP contribution in [0.25, 0.3) is 5.57 Å². The molecule has 4 aliphatic heterocycles. The number of carbonyl (C=O) groups is 4. The van der Waals surface area contributed by atoms with E-state index in [0.717, 1.165) is 68.9 Å². The smallest absolute Gasteiger partial charge is 0.255 e. The van der Waals surface area contributed by atoms with Crippen LogP contribution in [-0.4, -0.2) is 94.2 Å². The van der Waals surface area contributed by atoms with E-state index in [0.29, 0.717) is 46.3 Å². The van der Waals surface area contributed by atoms with Crippen LogP contribution in [0.1, 0.15) is 97.2 Å². The van der Waals surface area contributed by atoms with Gasteiger partial charge in [0.15, 0.2) is 0 Å². The number of anilines is 1. The minimum absolute atomic E-state index is 0.173. The van der Waals surface area contributed by atoms with Crippen molar-refractivity contribution in [2.75, 3.05) is 37.6 Å². The van der Waals surface area contributed by atoms with Crippen molar-refractivity contribution in [1.82, 2.24) is 19.7 Å². The summed E-state index contributed by atoms with van der Waals surface area (Å²) in [6.45, 7) is 13.1. The van der Waals surface area contributed by atoms with Gasteiger partial charge in [-0.15, -0.1) is 0 Å². The Kier molecular flexibility index (Phi) is 10.3. The van der Waals surface area contributed by atoms with E-state index in [2.05, 4.69) is 33.0 Å². The van der Waals surface area contributed by atoms with Crippen molar-refractivity contribution in [3.05, 3.63) is 93.6 Å². The summed E-state index contributed by atoms with van der Waals surface area (Å²) in [6.07, 6.45) is 7.04. The lowest BCUT2D eigenvalue weighted by Crippen LogP contribution is -2.77. The molecule has 1 saturated carbocycles. The molecular weight excluding hydrogens is 754 g/mol. The van der Waals surface area contributed by atoms with Crippen LogP contribution in [0.3, 0.4) is 0 Å². The predicted molar refractivity (Wildman–Crippen MR) is 220 cm³/mol. The second-order valence-electron chi connectivity index (χ2n) is 17.7. The van der Waals surface area contributed by atoms with E-state index < -0.39 is 28.8 Å². The van der Waals surface area contributed by atoms with Crippen molar-refractivity contribution in [2.45, 2.75) is 84.5 Å². The van der Waals surface area contributed by atoms with E-state index in [1.54, 1.807) is 35.4 Å². The van der Waals surface area contributed by atoms with Crippen LogP contribution in [0.15, 0.2) is 60.8 Å². The predicted octanol–water partition coefficient (Wildman–Crippen LogP) is 6.07. The fourth-order valence-electron chi connectivity index (χ4n) is 10.6. The molecule has 2 saturated heterocycles. The van der Waals surface area contributed by atoms with Gasteiger partial charge in [0.2, 0.25) is 11.8 Å². The third-order valence-electron chi connectivity index (χ3n) is 13.2. The van der Waals surface area contributed by atoms with Gasteiger partial charge in [-0.2, -0.15) is 5.26 Å². The quantitative estimate of drug-likeness (QED) is 0.254. The van der Waals surface area contributed by atoms with Gasteiger partial charge in [0.25, 0.3) is 11.8 Å². The molecule has 12 nitrogen and oxygen atoms in total. The molecule has 8 rings (SSSR count). The van der Waals surface area contributed by atoms with Gasteiger partial charge in [-0.3, -0.25) is 29.0 Å². The van der Waals surface area contributed by atoms with Crippen LogP contribution in [0.2, 0.25) is 5.02 Å². The first-order valence-electron chi connectivity index (χ1n) is 20.3. The van der Waals surface area contributed by atoms with Gasteiger partial charge in [-0.25, -0.2) is 4.98 Å². The highest BCUT2D eigenvalue weighted by Gasteiger charge is 2.68. The molecule has 302 valence electrons. The number of nitriles is 1. The number of piperidine rings is 2. The van der Waals surface area contributed by atoms with E-state index >= 15 is 0 Å². The number of imide groups is 1. The molecule has 5 heterocycles. The molecule has 0 bridgehead atoms. The monoisotopic (exact) mass is 803 g/mol. The fraction of sp³-hybridized carbons (Fsp3) is 0.467. The maximum atomic E-state index is 14.4. The Morgan fingerprint density at radius 2 is 1.74 bits per heavy atom. The van der Waals surface area contributed by atoms with E-state index in [9.17, 15) is 24.4 Å². The highest BCUT2D eigenvalue weighted by Crippen LogP contribution is 2.58. The fourth-order valence-corrected chi connectivity index (χ4v) is 10.8. The number of carbonyl (C=O) groups excluding carboxylic acids is 4. The highest BCUT2D eigenvalue weighted by atomic mass is 35.5. The molecule has 2 N–H and O–H groups in total. The molecule has 58 heavy (non-hydrogen) atoms. The van der Waals surface area contributed by atoms with Crippen LogP contribution in [-0.2, 0) is 16.1 Å². The average molecular weight is 804 g/mol. The Labute approximate surface area is 344 Å². The van der Waals surface area contributed by atoms with Crippen molar-refractivity contribution in [2.24, 2.45) is 22.5 Å². The summed E-state index contributed by atoms with van der Waals surface area (Å²) < 4.78 is 6.44. The Hall–Kier alpha value is -5.25. The summed E-state index contributed by atoms with van der Waals surface area (Å²) >= 11 is 6.29. The second kappa shape index (κ2) is 15.2. The average Bonchev–Trinajstić information content (AvgIpc) is 3.53. The lowest BCUT2D eigenvalue weighted by molar-refractivity contribution is -0.216. The lowest BCUT2D eigenvalue weighted by Gasteiger charge is -2.66. The summed E-state index contributed by atoms with van der Waals surface area (Å²) in [4.78, 5) is 65.6. The van der Waals surface area contributed by atoms with Crippen molar-refractivity contribution < 1.29 is 23.9 Å². The number of halogens is 1. The number of nitrogens with two attached hydrogens (primary N) is 1. The number of aromatic nitrogens is 1. The molecule has 0 spiro atoms. The van der Waals surface area contributed by atoms with E-state index in [1.165, 1.54) is 10.5 Å². The maximum Gasteiger partial charge on any atom is 0.255 e. The zero-order valence-corrected chi connectivity index (χ0v) is 34.3. The normalized spacial score (nSPS) is 24.6. The van der Waals surface area contributed by atoms with Gasteiger partial charge in [-0.05, 0) is 84.7 Å². The number of ether oxygens (including phenoxy) is 1. The number of nitrogens with zero attached hydrogens (tertiary/aromatic N) is 6. The summed E-state index contributed by atoms with van der Waals surface area (Å²) in [6, 6.07) is 15.5. The second-order valence-corrected chi connectivity index (χ2v) is 18.1. The SMILES string of the molecule is CC1(C)C(Oc2ccc(C#N)c(Cl)c2)C(C)(C)C1N1C(=O)CCC(N2Cc3cc(C4=CCN(CC5CCN(c6ccc(C(N)=O)cn6)CC5)CC4)ccc3C2=O)C1=O. The number of fused-ring (bicyclic) bond motifs is 1. The van der Waals surface area contributed by atoms with Gasteiger partial charge in [-0.1, -0.05) is 51.4 Å². The number of rotatable bonds is 9. The highest BCUT2D eigenvalue weighted by molar-refractivity contribution is 6.31. The van der Waals surface area contributed by atoms with Gasteiger partial charge in [0.1, 0.15) is 29.8 Å². The Balaban J connectivity index is 0.885. The van der Waals surface area contributed by atoms with Crippen molar-refractivity contribution in [3.63, 3.8) is 0 Å². The van der Waals surface area contributed by atoms with Crippen molar-refractivity contribution in [1.29, 1.82) is 5.26 Å². The van der Waals surface area contributed by atoms with Crippen LogP contribution < -0.4 is 15.4 Å². The molecule has 3 aromatic rings. The molecule has 1 aliphatic carbocycles. The number of hydrogen-bond acceptors (Lipinski definition) is 9. The van der Waals surface area contributed by atoms with Crippen LogP contribution in [0.5, 0.6) is 5.75 Å². The third kappa shape index (κ3) is 7.02. The molecule has 1 aromatic heterocycles. The van der Waals surface area contributed by atoms with Gasteiger partial charge < -0.3 is 20.3 Å². The molecule has 3 fully saturated rings. The Bertz CT molecular complexity index is 2220. The summed E-state index contributed by atoms with van der Waals surface area (Å²) in [5, 5.41) is 9.59. The topological polar surface area (TPSA) is 153 Å². The van der Waals surface area contributed by atoms with Gasteiger partial charge in [0.05, 0.1) is 22.2 Å². The number of amides is 4. The van der Waals surface area contributed by atoms with Gasteiger partial charge in [0, 0.05) is 74.3 Å². The molecule has 13 heteroatoms. The van der Waals surface area contributed by atoms with Crippen molar-refractivity contribution in [3.8, 4) is 11.8 Å². The van der Waals surface area contributed by atoms with Gasteiger partial charge >= 0.3 is 0 Å². The minimum Gasteiger partial charge on any atom is -0.489 e. The summed E-state index contributed by atoms with van der Waals surface area (Å²) in [7, 11) is 0. The standard InChI is InChI=1S/C45H50ClN7O5/c1-44(2)42(45(3,4)43(44)58-33-8-5-30(23-47)35(46)22-33)53-38(54)12-10-36(41(53)57)52-26-32-21-29(6-9-34(32)40(52)56)28-15-17-50(18-16-28)25-27-13-19-51(20-14-27)37-11-7-31(24-49-37)39(48)55/h5-9,11,15,21-22,24,27,36,42-43H,10,12-14,16-20,25-26H2,1-4H3,(H2,48,55). The first kappa shape index (κ1) is 39.6. The third-order valence-corrected chi connectivity index (χ3v) is 13.5. The van der Waals surface area contributed by atoms with Crippen molar-refractivity contribution >= 4 is 46.6 Å². The molecule has 5 aliphatic rings. The molecule has 0 radical (unpaired) electrons. The summed E-state index contributed by atoms with van der Waals surface area (Å²) in [5.41, 5.74) is 8.82.